The molecule has 0 aliphatic heterocycles. The van der Waals surface area contributed by atoms with Crippen LogP contribution in [0.4, 0.5) is 17.4 Å². The molecular weight excluding hydrogens is 528 g/mol. The lowest BCUT2D eigenvalue weighted by Gasteiger charge is -2.12. The summed E-state index contributed by atoms with van der Waals surface area (Å²) < 4.78 is 33.7. The smallest absolute Gasteiger partial charge is 0.326 e. The number of para-hydroxylation sites is 1. The van der Waals surface area contributed by atoms with Crippen molar-refractivity contribution in [2.24, 2.45) is 0 Å². The monoisotopic (exact) mass is 556 g/mol. The first kappa shape index (κ1) is 27.0. The maximum absolute atomic E-state index is 12.9. The Bertz CT molecular complexity index is 1610. The number of aromatic nitrogens is 3. The minimum Gasteiger partial charge on any atom is -0.387 e. The average Bonchev–Trinajstić information content (AvgIpc) is 3.45. The van der Waals surface area contributed by atoms with E-state index in [1.165, 1.54) is 12.1 Å². The van der Waals surface area contributed by atoms with Crippen LogP contribution in [0, 0.1) is 0 Å². The molecule has 0 aliphatic rings. The summed E-state index contributed by atoms with van der Waals surface area (Å²) in [5, 5.41) is 20.4. The fraction of sp³-hybridized carbons (Fsp3) is 0.138. The highest BCUT2D eigenvalue weighted by Crippen LogP contribution is 2.23. The van der Waals surface area contributed by atoms with E-state index in [9.17, 15) is 13.5 Å². The first-order chi connectivity index (χ1) is 19.5. The van der Waals surface area contributed by atoms with Crippen LogP contribution < -0.4 is 15.4 Å². The number of hydrogen-bond acceptors (Lipinski definition) is 9. The van der Waals surface area contributed by atoms with Crippen LogP contribution in [0.15, 0.2) is 113 Å². The number of sulfonamides is 1. The normalized spacial score (nSPS) is 12.1. The van der Waals surface area contributed by atoms with Gasteiger partial charge in [0.1, 0.15) is 0 Å². The number of aliphatic hydroxyl groups excluding tert-OH is 1. The lowest BCUT2D eigenvalue weighted by molar-refractivity contribution is 0.174. The molecular formula is C29H28N6O4S. The van der Waals surface area contributed by atoms with Gasteiger partial charge in [0.15, 0.2) is 0 Å². The molecule has 0 radical (unpaired) electrons. The van der Waals surface area contributed by atoms with Gasteiger partial charge in [-0.05, 0) is 73.1 Å². The van der Waals surface area contributed by atoms with Crippen LogP contribution in [0.5, 0.6) is 0 Å². The van der Waals surface area contributed by atoms with Crippen LogP contribution in [0.25, 0.3) is 11.4 Å². The Morgan fingerprint density at radius 3 is 2.38 bits per heavy atom. The third-order valence-electron chi connectivity index (χ3n) is 6.08. The molecule has 0 amide bonds. The van der Waals surface area contributed by atoms with Crippen molar-refractivity contribution in [3.8, 4) is 11.4 Å². The Hall–Kier alpha value is -4.58. The fourth-order valence-electron chi connectivity index (χ4n) is 3.94. The molecule has 11 heteroatoms. The predicted octanol–water partition coefficient (Wildman–Crippen LogP) is 4.54. The fourth-order valence-corrected chi connectivity index (χ4v) is 4.99. The van der Waals surface area contributed by atoms with Gasteiger partial charge in [-0.1, -0.05) is 41.6 Å². The molecule has 1 atom stereocenters. The highest BCUT2D eigenvalue weighted by molar-refractivity contribution is 7.92. The molecule has 0 saturated heterocycles. The van der Waals surface area contributed by atoms with Crippen LogP contribution in [0.1, 0.15) is 17.2 Å². The number of benzene rings is 3. The summed E-state index contributed by atoms with van der Waals surface area (Å²) in [5.74, 6) is 0.340. The lowest BCUT2D eigenvalue weighted by atomic mass is 10.1. The standard InChI is InChI=1S/C29H28N6O4S/c36-27(23-5-4-17-30-19-23)20-31-18-16-21-8-12-25(13-9-21)35-40(37,38)26-14-10-22(11-15-26)28-33-29(39-34-28)32-24-6-2-1-3-7-24/h1-15,17,19,27,31,35-36H,16,18,20H2,(H,32,33,34)/t27-/m1/s1. The van der Waals surface area contributed by atoms with E-state index in [1.54, 1.807) is 42.7 Å². The second-order valence-corrected chi connectivity index (χ2v) is 10.7. The molecule has 10 nitrogen and oxygen atoms in total. The largest absolute Gasteiger partial charge is 0.387 e. The van der Waals surface area contributed by atoms with Gasteiger partial charge in [-0.3, -0.25) is 9.71 Å². The Labute approximate surface area is 232 Å². The van der Waals surface area contributed by atoms with E-state index in [0.29, 0.717) is 30.2 Å². The van der Waals surface area contributed by atoms with Crippen molar-refractivity contribution < 1.29 is 18.0 Å². The third kappa shape index (κ3) is 7.08. The molecule has 40 heavy (non-hydrogen) atoms. The van der Waals surface area contributed by atoms with Crippen molar-refractivity contribution in [1.82, 2.24) is 20.4 Å². The summed E-state index contributed by atoms with van der Waals surface area (Å²) in [5.41, 5.74) is 3.70. The van der Waals surface area contributed by atoms with Gasteiger partial charge in [-0.15, -0.1) is 0 Å². The zero-order valence-corrected chi connectivity index (χ0v) is 22.3. The molecule has 0 spiro atoms. The van der Waals surface area contributed by atoms with Gasteiger partial charge in [0.25, 0.3) is 10.0 Å². The Balaban J connectivity index is 1.12. The van der Waals surface area contributed by atoms with Crippen molar-refractivity contribution in [2.45, 2.75) is 17.4 Å². The molecule has 5 rings (SSSR count). The highest BCUT2D eigenvalue weighted by Gasteiger charge is 2.16. The molecule has 204 valence electrons. The summed E-state index contributed by atoms with van der Waals surface area (Å²) >= 11 is 0. The van der Waals surface area contributed by atoms with Crippen LogP contribution in [-0.2, 0) is 16.4 Å². The number of hydrogen-bond donors (Lipinski definition) is 4. The second kappa shape index (κ2) is 12.5. The number of pyridine rings is 1. The van der Waals surface area contributed by atoms with Gasteiger partial charge in [0, 0.05) is 41.4 Å². The zero-order chi connectivity index (χ0) is 27.8. The number of anilines is 3. The second-order valence-electron chi connectivity index (χ2n) is 9.00. The van der Waals surface area contributed by atoms with Crippen molar-refractivity contribution in [1.29, 1.82) is 0 Å². The van der Waals surface area contributed by atoms with Crippen LogP contribution >= 0.6 is 0 Å². The van der Waals surface area contributed by atoms with Gasteiger partial charge < -0.3 is 20.3 Å². The summed E-state index contributed by atoms with van der Waals surface area (Å²) in [6, 6.07) is 26.8. The van der Waals surface area contributed by atoms with Gasteiger partial charge in [0.05, 0.1) is 11.0 Å². The van der Waals surface area contributed by atoms with E-state index < -0.39 is 16.1 Å². The van der Waals surface area contributed by atoms with E-state index >= 15 is 0 Å². The van der Waals surface area contributed by atoms with Crippen molar-refractivity contribution in [3.63, 3.8) is 0 Å². The number of nitrogens with zero attached hydrogens (tertiary/aromatic N) is 3. The molecule has 0 unspecified atom stereocenters. The van der Waals surface area contributed by atoms with Crippen molar-refractivity contribution in [3.05, 3.63) is 115 Å². The van der Waals surface area contributed by atoms with Gasteiger partial charge in [-0.2, -0.15) is 4.98 Å². The van der Waals surface area contributed by atoms with Crippen LogP contribution in [0.2, 0.25) is 0 Å². The first-order valence-electron chi connectivity index (χ1n) is 12.6. The predicted molar refractivity (Wildman–Crippen MR) is 152 cm³/mol. The van der Waals surface area contributed by atoms with E-state index in [0.717, 1.165) is 23.2 Å². The number of aliphatic hydroxyl groups is 1. The SMILES string of the molecule is O=S(=O)(Nc1ccc(CCNC[C@@H](O)c2cccnc2)cc1)c1ccc(-c2noc(Nc3ccccc3)n2)cc1. The Morgan fingerprint density at radius 1 is 0.875 bits per heavy atom. The molecule has 0 aliphatic carbocycles. The molecule has 0 saturated carbocycles. The summed E-state index contributed by atoms with van der Waals surface area (Å²) in [7, 11) is -3.79. The molecule has 5 aromatic rings. The quantitative estimate of drug-likeness (QED) is 0.163. The van der Waals surface area contributed by atoms with Crippen LogP contribution in [-0.4, -0.2) is 41.7 Å². The van der Waals surface area contributed by atoms with E-state index in [1.807, 2.05) is 48.5 Å². The van der Waals surface area contributed by atoms with Crippen molar-refractivity contribution in [2.75, 3.05) is 23.1 Å². The Kier molecular flexibility index (Phi) is 8.45. The molecule has 2 heterocycles. The third-order valence-corrected chi connectivity index (χ3v) is 7.47. The van der Waals surface area contributed by atoms with Gasteiger partial charge >= 0.3 is 6.01 Å². The topological polar surface area (TPSA) is 142 Å². The Morgan fingerprint density at radius 2 is 1.65 bits per heavy atom. The number of rotatable bonds is 12. The minimum absolute atomic E-state index is 0.114. The van der Waals surface area contributed by atoms with Gasteiger partial charge in [-0.25, -0.2) is 8.42 Å². The van der Waals surface area contributed by atoms with Crippen molar-refractivity contribution >= 4 is 27.4 Å². The number of nitrogens with one attached hydrogen (secondary N) is 3. The molecule has 0 fully saturated rings. The average molecular weight is 557 g/mol. The molecule has 4 N–H and O–H groups in total. The summed E-state index contributed by atoms with van der Waals surface area (Å²) in [4.78, 5) is 8.45. The van der Waals surface area contributed by atoms with Crippen LogP contribution in [0.3, 0.4) is 0 Å². The maximum atomic E-state index is 12.9. The van der Waals surface area contributed by atoms with E-state index in [2.05, 4.69) is 30.5 Å². The molecule has 2 aromatic heterocycles. The lowest BCUT2D eigenvalue weighted by Crippen LogP contribution is -2.23. The molecule has 0 bridgehead atoms. The molecule has 3 aromatic carbocycles. The first-order valence-corrected chi connectivity index (χ1v) is 14.1. The zero-order valence-electron chi connectivity index (χ0n) is 21.4. The van der Waals surface area contributed by atoms with E-state index in [-0.39, 0.29) is 10.9 Å². The van der Waals surface area contributed by atoms with E-state index in [4.69, 9.17) is 4.52 Å². The van der Waals surface area contributed by atoms with Gasteiger partial charge in [0.2, 0.25) is 5.82 Å². The minimum atomic E-state index is -3.79. The summed E-state index contributed by atoms with van der Waals surface area (Å²) in [6.07, 6.45) is 3.42. The summed E-state index contributed by atoms with van der Waals surface area (Å²) in [6.45, 7) is 1.08. The highest BCUT2D eigenvalue weighted by atomic mass is 32.2. The maximum Gasteiger partial charge on any atom is 0.326 e.